The average Bonchev–Trinajstić information content (AvgIpc) is 2.99. The number of nitrogens with two attached hydrogens (primary N) is 1. The van der Waals surface area contributed by atoms with E-state index in [9.17, 15) is 9.18 Å². The molecule has 20 heavy (non-hydrogen) atoms. The highest BCUT2D eigenvalue weighted by Gasteiger charge is 2.35. The number of halogens is 1. The number of anilines is 2. The molecule has 2 heterocycles. The Morgan fingerprint density at radius 3 is 2.95 bits per heavy atom. The number of aromatic amines is 1. The van der Waals surface area contributed by atoms with E-state index >= 15 is 0 Å². The summed E-state index contributed by atoms with van der Waals surface area (Å²) in [5.41, 5.74) is 5.75. The first-order valence-electron chi connectivity index (χ1n) is 6.05. The lowest BCUT2D eigenvalue weighted by atomic mass is 10.3. The smallest absolute Gasteiger partial charge is 0.240 e. The largest absolute Gasteiger partial charge is 0.368 e. The molecule has 0 radical (unpaired) electrons. The molecule has 1 unspecified atom stereocenters. The minimum absolute atomic E-state index is 0.136. The molecule has 0 saturated carbocycles. The Bertz CT molecular complexity index is 646. The maximum Gasteiger partial charge on any atom is 0.240 e. The molecule has 1 aliphatic rings. The zero-order valence-corrected chi connectivity index (χ0v) is 11.2. The molecule has 0 aliphatic carbocycles. The zero-order chi connectivity index (χ0) is 14.1. The highest BCUT2D eigenvalue weighted by Crippen LogP contribution is 2.32. The van der Waals surface area contributed by atoms with E-state index in [1.807, 2.05) is 0 Å². The Hall–Kier alpha value is -2.09. The van der Waals surface area contributed by atoms with Crippen molar-refractivity contribution >= 4 is 29.3 Å². The second-order valence-corrected chi connectivity index (χ2v) is 5.51. The highest BCUT2D eigenvalue weighted by molar-refractivity contribution is 8.00. The van der Waals surface area contributed by atoms with Crippen molar-refractivity contribution in [1.29, 1.82) is 0 Å². The van der Waals surface area contributed by atoms with Crippen LogP contribution in [0.1, 0.15) is 6.42 Å². The van der Waals surface area contributed by atoms with Gasteiger partial charge in [0.1, 0.15) is 5.82 Å². The molecule has 1 amide bonds. The van der Waals surface area contributed by atoms with E-state index in [1.54, 1.807) is 18.2 Å². The van der Waals surface area contributed by atoms with Gasteiger partial charge < -0.3 is 10.6 Å². The van der Waals surface area contributed by atoms with E-state index in [2.05, 4.69) is 15.2 Å². The third-order valence-corrected chi connectivity index (χ3v) is 4.14. The summed E-state index contributed by atoms with van der Waals surface area (Å²) in [6.07, 6.45) is 0.617. The molecule has 1 aromatic carbocycles. The minimum atomic E-state index is -0.395. The number of amides is 1. The van der Waals surface area contributed by atoms with E-state index in [0.717, 1.165) is 0 Å². The topological polar surface area (TPSA) is 87.9 Å². The standard InChI is InChI=1S/C12H12FN5OS/c13-7-3-1-2-4-8(7)18-6-5-9(10(18)19)20-12-15-11(14)16-17-12/h1-4,9H,5-6H2,(H3,14,15,16,17). The lowest BCUT2D eigenvalue weighted by Gasteiger charge is -2.16. The number of nitrogen functional groups attached to an aromatic ring is 1. The molecule has 1 fully saturated rings. The summed E-state index contributed by atoms with van der Waals surface area (Å²) >= 11 is 1.24. The molecule has 1 aromatic heterocycles. The van der Waals surface area contributed by atoms with E-state index in [4.69, 9.17) is 5.73 Å². The van der Waals surface area contributed by atoms with E-state index in [-0.39, 0.29) is 17.1 Å². The molecule has 1 aliphatic heterocycles. The van der Waals surface area contributed by atoms with Crippen LogP contribution in [0.2, 0.25) is 0 Å². The fraction of sp³-hybridized carbons (Fsp3) is 0.250. The van der Waals surface area contributed by atoms with Gasteiger partial charge in [0, 0.05) is 6.54 Å². The summed E-state index contributed by atoms with van der Waals surface area (Å²) in [6, 6.07) is 6.26. The summed E-state index contributed by atoms with van der Waals surface area (Å²) in [4.78, 5) is 17.7. The van der Waals surface area contributed by atoms with E-state index in [1.165, 1.54) is 22.7 Å². The van der Waals surface area contributed by atoms with Crippen molar-refractivity contribution in [3.8, 4) is 0 Å². The monoisotopic (exact) mass is 293 g/mol. The number of hydrogen-bond acceptors (Lipinski definition) is 5. The first kappa shape index (κ1) is 12.9. The van der Waals surface area contributed by atoms with Crippen molar-refractivity contribution in [3.05, 3.63) is 30.1 Å². The molecule has 0 spiro atoms. The van der Waals surface area contributed by atoms with Crippen LogP contribution >= 0.6 is 11.8 Å². The first-order valence-corrected chi connectivity index (χ1v) is 6.93. The highest BCUT2D eigenvalue weighted by atomic mass is 32.2. The summed E-state index contributed by atoms with van der Waals surface area (Å²) < 4.78 is 13.7. The van der Waals surface area contributed by atoms with E-state index in [0.29, 0.717) is 23.8 Å². The van der Waals surface area contributed by atoms with Crippen LogP contribution in [-0.4, -0.2) is 32.9 Å². The van der Waals surface area contributed by atoms with Gasteiger partial charge in [0.05, 0.1) is 10.9 Å². The van der Waals surface area contributed by atoms with Crippen molar-refractivity contribution in [1.82, 2.24) is 15.2 Å². The molecular formula is C12H12FN5OS. The lowest BCUT2D eigenvalue weighted by Crippen LogP contribution is -2.28. The van der Waals surface area contributed by atoms with Crippen molar-refractivity contribution in [2.75, 3.05) is 17.2 Å². The number of hydrogen-bond donors (Lipinski definition) is 2. The quantitative estimate of drug-likeness (QED) is 0.893. The van der Waals surface area contributed by atoms with Gasteiger partial charge >= 0.3 is 0 Å². The second-order valence-electron chi connectivity index (χ2n) is 4.34. The number of benzene rings is 1. The molecule has 2 aromatic rings. The van der Waals surface area contributed by atoms with Gasteiger partial charge in [-0.1, -0.05) is 23.9 Å². The Balaban J connectivity index is 1.76. The fourth-order valence-electron chi connectivity index (χ4n) is 2.11. The number of carbonyl (C=O) groups excluding carboxylic acids is 1. The van der Waals surface area contributed by atoms with Gasteiger partial charge in [0.15, 0.2) is 0 Å². The minimum Gasteiger partial charge on any atom is -0.368 e. The van der Waals surface area contributed by atoms with Crippen molar-refractivity contribution < 1.29 is 9.18 Å². The van der Waals surface area contributed by atoms with Crippen LogP contribution in [0.15, 0.2) is 29.4 Å². The van der Waals surface area contributed by atoms with Crippen LogP contribution in [0.25, 0.3) is 0 Å². The molecule has 3 N–H and O–H groups in total. The molecule has 104 valence electrons. The Kier molecular flexibility index (Phi) is 3.31. The average molecular weight is 293 g/mol. The number of nitrogens with one attached hydrogen (secondary N) is 1. The molecule has 1 saturated heterocycles. The van der Waals surface area contributed by atoms with Gasteiger partial charge in [-0.15, -0.1) is 5.10 Å². The van der Waals surface area contributed by atoms with Crippen LogP contribution in [0, 0.1) is 5.82 Å². The Morgan fingerprint density at radius 2 is 2.25 bits per heavy atom. The maximum atomic E-state index is 13.7. The number of H-pyrrole nitrogens is 1. The van der Waals surface area contributed by atoms with Gasteiger partial charge in [-0.05, 0) is 18.6 Å². The summed E-state index contributed by atoms with van der Waals surface area (Å²) in [5, 5.41) is 6.52. The molecule has 0 bridgehead atoms. The zero-order valence-electron chi connectivity index (χ0n) is 10.4. The molecule has 3 rings (SSSR count). The maximum absolute atomic E-state index is 13.7. The van der Waals surface area contributed by atoms with Gasteiger partial charge in [0.2, 0.25) is 17.0 Å². The van der Waals surface area contributed by atoms with Gasteiger partial charge in [-0.3, -0.25) is 4.79 Å². The van der Waals surface area contributed by atoms with E-state index < -0.39 is 5.82 Å². The van der Waals surface area contributed by atoms with Gasteiger partial charge in [0.25, 0.3) is 0 Å². The van der Waals surface area contributed by atoms with Gasteiger partial charge in [-0.25, -0.2) is 9.49 Å². The van der Waals surface area contributed by atoms with Crippen molar-refractivity contribution in [2.45, 2.75) is 16.8 Å². The summed E-state index contributed by atoms with van der Waals surface area (Å²) in [7, 11) is 0. The number of para-hydroxylation sites is 1. The van der Waals surface area contributed by atoms with Crippen LogP contribution < -0.4 is 10.6 Å². The summed E-state index contributed by atoms with van der Waals surface area (Å²) in [5.74, 6) is -0.319. The van der Waals surface area contributed by atoms with Crippen LogP contribution in [0.5, 0.6) is 0 Å². The Labute approximate surface area is 118 Å². The van der Waals surface area contributed by atoms with Crippen LogP contribution in [-0.2, 0) is 4.79 Å². The molecule has 1 atom stereocenters. The number of thioether (sulfide) groups is 1. The predicted octanol–water partition coefficient (Wildman–Crippen LogP) is 1.42. The van der Waals surface area contributed by atoms with Gasteiger partial charge in [-0.2, -0.15) is 4.98 Å². The molecular weight excluding hydrogens is 281 g/mol. The third-order valence-electron chi connectivity index (χ3n) is 3.03. The SMILES string of the molecule is Nc1nc(SC2CCN(c3ccccc3F)C2=O)n[nH]1. The Morgan fingerprint density at radius 1 is 1.45 bits per heavy atom. The fourth-order valence-corrected chi connectivity index (χ4v) is 3.07. The third kappa shape index (κ3) is 2.34. The van der Waals surface area contributed by atoms with Crippen molar-refractivity contribution in [3.63, 3.8) is 0 Å². The van der Waals surface area contributed by atoms with Crippen LogP contribution in [0.3, 0.4) is 0 Å². The van der Waals surface area contributed by atoms with Crippen molar-refractivity contribution in [2.24, 2.45) is 0 Å². The lowest BCUT2D eigenvalue weighted by molar-refractivity contribution is -0.116. The number of nitrogens with zero attached hydrogens (tertiary/aromatic N) is 3. The number of rotatable bonds is 3. The summed E-state index contributed by atoms with van der Waals surface area (Å²) in [6.45, 7) is 0.483. The first-order chi connectivity index (χ1) is 9.65. The van der Waals surface area contributed by atoms with Crippen LogP contribution in [0.4, 0.5) is 16.0 Å². The molecule has 8 heteroatoms. The second kappa shape index (κ2) is 5.12. The number of carbonyl (C=O) groups is 1. The predicted molar refractivity (Wildman–Crippen MR) is 73.8 cm³/mol. The normalized spacial score (nSPS) is 18.8. The number of aromatic nitrogens is 3. The molecule has 6 nitrogen and oxygen atoms in total.